The number of rotatable bonds is 3. The molecule has 0 aliphatic carbocycles. The zero-order chi connectivity index (χ0) is 14.9. The maximum atomic E-state index is 14.0. The number of ether oxygens (including phenoxy) is 1. The number of methoxy groups -OCH3 is 1. The van der Waals surface area contributed by atoms with Crippen molar-refractivity contribution in [3.63, 3.8) is 0 Å². The molecule has 0 spiro atoms. The first-order chi connectivity index (χ1) is 9.43. The van der Waals surface area contributed by atoms with Gasteiger partial charge >= 0.3 is 0 Å². The number of halogens is 3. The second-order valence-electron chi connectivity index (χ2n) is 4.49. The molecule has 5 heteroatoms. The Labute approximate surface area is 121 Å². The molecule has 1 unspecified atom stereocenters. The van der Waals surface area contributed by atoms with Gasteiger partial charge in [0.25, 0.3) is 0 Å². The molecule has 0 saturated carbocycles. The fourth-order valence-electron chi connectivity index (χ4n) is 1.97. The van der Waals surface area contributed by atoms with E-state index in [1.165, 1.54) is 31.4 Å². The summed E-state index contributed by atoms with van der Waals surface area (Å²) in [6.07, 6.45) is 0. The number of hydrogen-bond acceptors (Lipinski definition) is 2. The van der Waals surface area contributed by atoms with Crippen LogP contribution < -0.4 is 10.5 Å². The standard InChI is InChI=1S/C15H14ClF2NO/c1-8-5-11(12(16)7-13(8)17)15(19)10-4-3-9(20-2)6-14(10)18/h3-7,15H,19H2,1-2H3. The number of benzene rings is 2. The zero-order valence-corrected chi connectivity index (χ0v) is 11.8. The van der Waals surface area contributed by atoms with Crippen molar-refractivity contribution in [1.82, 2.24) is 0 Å². The van der Waals surface area contributed by atoms with Crippen molar-refractivity contribution in [2.75, 3.05) is 7.11 Å². The summed E-state index contributed by atoms with van der Waals surface area (Å²) < 4.78 is 32.3. The molecule has 0 aliphatic rings. The first-order valence-corrected chi connectivity index (χ1v) is 6.36. The highest BCUT2D eigenvalue weighted by Gasteiger charge is 2.18. The molecule has 0 fully saturated rings. The van der Waals surface area contributed by atoms with Crippen molar-refractivity contribution in [3.8, 4) is 5.75 Å². The van der Waals surface area contributed by atoms with Crippen LogP contribution in [0.15, 0.2) is 30.3 Å². The Bertz CT molecular complexity index is 646. The van der Waals surface area contributed by atoms with Crippen molar-refractivity contribution in [1.29, 1.82) is 0 Å². The molecule has 0 aliphatic heterocycles. The van der Waals surface area contributed by atoms with Crippen LogP contribution in [0.25, 0.3) is 0 Å². The van der Waals surface area contributed by atoms with Gasteiger partial charge in [0.2, 0.25) is 0 Å². The Morgan fingerprint density at radius 2 is 1.80 bits per heavy atom. The van der Waals surface area contributed by atoms with Crippen LogP contribution in [0.4, 0.5) is 8.78 Å². The van der Waals surface area contributed by atoms with Crippen molar-refractivity contribution in [3.05, 3.63) is 63.7 Å². The maximum Gasteiger partial charge on any atom is 0.132 e. The fraction of sp³-hybridized carbons (Fsp3) is 0.200. The number of hydrogen-bond donors (Lipinski definition) is 1. The average molecular weight is 298 g/mol. The van der Waals surface area contributed by atoms with Gasteiger partial charge < -0.3 is 10.5 Å². The third-order valence-corrected chi connectivity index (χ3v) is 3.48. The van der Waals surface area contributed by atoms with Gasteiger partial charge in [0.1, 0.15) is 17.4 Å². The molecule has 2 N–H and O–H groups in total. The molecule has 0 saturated heterocycles. The Balaban J connectivity index is 2.46. The third kappa shape index (κ3) is 2.76. The molecule has 2 aromatic rings. The van der Waals surface area contributed by atoms with E-state index in [9.17, 15) is 8.78 Å². The molecule has 2 nitrogen and oxygen atoms in total. The van der Waals surface area contributed by atoms with E-state index >= 15 is 0 Å². The second-order valence-corrected chi connectivity index (χ2v) is 4.90. The van der Waals surface area contributed by atoms with Crippen molar-refractivity contribution < 1.29 is 13.5 Å². The highest BCUT2D eigenvalue weighted by atomic mass is 35.5. The van der Waals surface area contributed by atoms with E-state index in [1.807, 2.05) is 0 Å². The normalized spacial score (nSPS) is 12.3. The third-order valence-electron chi connectivity index (χ3n) is 3.16. The van der Waals surface area contributed by atoms with E-state index in [4.69, 9.17) is 22.1 Å². The molecule has 1 atom stereocenters. The van der Waals surface area contributed by atoms with E-state index in [2.05, 4.69) is 0 Å². The number of aryl methyl sites for hydroxylation is 1. The second kappa shape index (κ2) is 5.77. The maximum absolute atomic E-state index is 14.0. The minimum absolute atomic E-state index is 0.177. The summed E-state index contributed by atoms with van der Waals surface area (Å²) in [5.74, 6) is -0.504. The largest absolute Gasteiger partial charge is 0.497 e. The lowest BCUT2D eigenvalue weighted by atomic mass is 9.97. The number of nitrogens with two attached hydrogens (primary N) is 1. The van der Waals surface area contributed by atoms with E-state index in [0.717, 1.165) is 0 Å². The molecular weight excluding hydrogens is 284 g/mol. The van der Waals surface area contributed by atoms with Gasteiger partial charge in [0.05, 0.1) is 13.2 Å². The molecule has 2 rings (SSSR count). The van der Waals surface area contributed by atoms with Crippen LogP contribution in [0.5, 0.6) is 5.75 Å². The summed E-state index contributed by atoms with van der Waals surface area (Å²) in [7, 11) is 1.45. The molecule has 0 amide bonds. The van der Waals surface area contributed by atoms with E-state index in [-0.39, 0.29) is 10.6 Å². The highest BCUT2D eigenvalue weighted by molar-refractivity contribution is 6.31. The Morgan fingerprint density at radius 1 is 1.10 bits per heavy atom. The topological polar surface area (TPSA) is 35.2 Å². The average Bonchev–Trinajstić information content (AvgIpc) is 2.42. The molecule has 0 bridgehead atoms. The highest BCUT2D eigenvalue weighted by Crippen LogP contribution is 2.31. The quantitative estimate of drug-likeness (QED) is 0.930. The van der Waals surface area contributed by atoms with Gasteiger partial charge in [-0.3, -0.25) is 0 Å². The van der Waals surface area contributed by atoms with Crippen LogP contribution in [0.1, 0.15) is 22.7 Å². The molecule has 0 radical (unpaired) electrons. The van der Waals surface area contributed by atoms with E-state index in [0.29, 0.717) is 16.9 Å². The van der Waals surface area contributed by atoms with E-state index in [1.54, 1.807) is 13.0 Å². The molecule has 0 aromatic heterocycles. The molecule has 0 heterocycles. The van der Waals surface area contributed by atoms with Crippen LogP contribution in [0, 0.1) is 18.6 Å². The smallest absolute Gasteiger partial charge is 0.132 e. The van der Waals surface area contributed by atoms with Gasteiger partial charge in [0, 0.05) is 16.7 Å². The van der Waals surface area contributed by atoms with Crippen molar-refractivity contribution in [2.45, 2.75) is 13.0 Å². The van der Waals surface area contributed by atoms with Crippen LogP contribution in [0.3, 0.4) is 0 Å². The van der Waals surface area contributed by atoms with Crippen LogP contribution in [-0.2, 0) is 0 Å². The van der Waals surface area contributed by atoms with Gasteiger partial charge in [-0.25, -0.2) is 8.78 Å². The van der Waals surface area contributed by atoms with Gasteiger partial charge in [-0.2, -0.15) is 0 Å². The summed E-state index contributed by atoms with van der Waals surface area (Å²) in [5.41, 5.74) is 7.21. The zero-order valence-electron chi connectivity index (χ0n) is 11.1. The Kier molecular flexibility index (Phi) is 4.26. The lowest BCUT2D eigenvalue weighted by molar-refractivity contribution is 0.410. The molecule has 106 valence electrons. The van der Waals surface area contributed by atoms with Gasteiger partial charge in [-0.15, -0.1) is 0 Å². The molecule has 20 heavy (non-hydrogen) atoms. The van der Waals surface area contributed by atoms with Gasteiger partial charge in [-0.05, 0) is 36.2 Å². The first kappa shape index (κ1) is 14.8. The minimum atomic E-state index is -0.771. The predicted octanol–water partition coefficient (Wildman–Crippen LogP) is 3.98. The van der Waals surface area contributed by atoms with Gasteiger partial charge in [-0.1, -0.05) is 17.7 Å². The molecular formula is C15H14ClF2NO. The first-order valence-electron chi connectivity index (χ1n) is 5.98. The van der Waals surface area contributed by atoms with Crippen molar-refractivity contribution in [2.24, 2.45) is 5.73 Å². The minimum Gasteiger partial charge on any atom is -0.497 e. The van der Waals surface area contributed by atoms with E-state index < -0.39 is 17.7 Å². The summed E-state index contributed by atoms with van der Waals surface area (Å²) in [6, 6.07) is 6.35. The van der Waals surface area contributed by atoms with Crippen molar-refractivity contribution >= 4 is 11.6 Å². The summed E-state index contributed by atoms with van der Waals surface area (Å²) in [4.78, 5) is 0. The lowest BCUT2D eigenvalue weighted by Crippen LogP contribution is -2.14. The predicted molar refractivity (Wildman–Crippen MR) is 75.1 cm³/mol. The SMILES string of the molecule is COc1ccc(C(N)c2cc(C)c(F)cc2Cl)c(F)c1. The summed E-state index contributed by atoms with van der Waals surface area (Å²) in [6.45, 7) is 1.60. The Hall–Kier alpha value is -1.65. The fourth-order valence-corrected chi connectivity index (χ4v) is 2.24. The van der Waals surface area contributed by atoms with Gasteiger partial charge in [0.15, 0.2) is 0 Å². The Morgan fingerprint density at radius 3 is 2.40 bits per heavy atom. The monoisotopic (exact) mass is 297 g/mol. The summed E-state index contributed by atoms with van der Waals surface area (Å²) in [5, 5.41) is 0.177. The van der Waals surface area contributed by atoms with Crippen LogP contribution in [-0.4, -0.2) is 7.11 Å². The van der Waals surface area contributed by atoms with Crippen LogP contribution >= 0.6 is 11.6 Å². The van der Waals surface area contributed by atoms with Crippen LogP contribution in [0.2, 0.25) is 5.02 Å². The molecule has 2 aromatic carbocycles. The summed E-state index contributed by atoms with van der Waals surface area (Å²) >= 11 is 5.99. The lowest BCUT2D eigenvalue weighted by Gasteiger charge is -2.16.